The summed E-state index contributed by atoms with van der Waals surface area (Å²) >= 11 is 3.85. The molecule has 1 aromatic heterocycles. The van der Waals surface area contributed by atoms with Gasteiger partial charge in [0.25, 0.3) is 0 Å². The number of aryl methyl sites for hydroxylation is 1. The molecule has 102 valence electrons. The van der Waals surface area contributed by atoms with Crippen molar-refractivity contribution in [3.05, 3.63) is 44.0 Å². The zero-order valence-corrected chi connectivity index (χ0v) is 13.8. The summed E-state index contributed by atoms with van der Waals surface area (Å²) in [6.07, 6.45) is 3.56. The van der Waals surface area contributed by atoms with Gasteiger partial charge in [0.2, 0.25) is 0 Å². The maximum atomic E-state index is 11.6. The summed E-state index contributed by atoms with van der Waals surface area (Å²) in [6.45, 7) is 0. The Morgan fingerprint density at radius 1 is 1.40 bits per heavy atom. The third-order valence-electron chi connectivity index (χ3n) is 3.31. The zero-order valence-electron chi connectivity index (χ0n) is 10.9. The van der Waals surface area contributed by atoms with Gasteiger partial charge in [0.1, 0.15) is 8.71 Å². The molecule has 1 aliphatic carbocycles. The van der Waals surface area contributed by atoms with E-state index in [4.69, 9.17) is 4.74 Å². The van der Waals surface area contributed by atoms with E-state index >= 15 is 0 Å². The van der Waals surface area contributed by atoms with Crippen molar-refractivity contribution >= 4 is 46.0 Å². The normalized spacial score (nSPS) is 13.6. The number of rotatable bonds is 2. The number of aromatic nitrogens is 1. The molecule has 20 heavy (non-hydrogen) atoms. The van der Waals surface area contributed by atoms with E-state index in [1.807, 2.05) is 11.5 Å². The molecule has 3 nitrogen and oxygen atoms in total. The van der Waals surface area contributed by atoms with E-state index in [2.05, 4.69) is 45.8 Å². The molecule has 0 bridgehead atoms. The van der Waals surface area contributed by atoms with Crippen molar-refractivity contribution in [3.8, 4) is 10.6 Å². The SMILES string of the molecule is COC(=O)C1=Cc2cc(-c3nc(I)cs3)ccc2CC1. The molecule has 1 heterocycles. The van der Waals surface area contributed by atoms with E-state index in [-0.39, 0.29) is 5.97 Å². The van der Waals surface area contributed by atoms with Crippen LogP contribution in [-0.4, -0.2) is 18.1 Å². The smallest absolute Gasteiger partial charge is 0.333 e. The van der Waals surface area contributed by atoms with Crippen LogP contribution in [0.25, 0.3) is 16.6 Å². The Morgan fingerprint density at radius 3 is 2.95 bits per heavy atom. The number of nitrogens with zero attached hydrogens (tertiary/aromatic N) is 1. The van der Waals surface area contributed by atoms with Crippen molar-refractivity contribution < 1.29 is 9.53 Å². The maximum Gasteiger partial charge on any atom is 0.333 e. The number of hydrogen-bond donors (Lipinski definition) is 0. The lowest BCUT2D eigenvalue weighted by Crippen LogP contribution is -2.09. The van der Waals surface area contributed by atoms with E-state index in [0.717, 1.165) is 38.2 Å². The molecule has 0 N–H and O–H groups in total. The molecule has 5 heteroatoms. The number of benzene rings is 1. The number of fused-ring (bicyclic) bond motifs is 1. The molecule has 0 unspecified atom stereocenters. The van der Waals surface area contributed by atoms with Crippen molar-refractivity contribution in [2.24, 2.45) is 0 Å². The highest BCUT2D eigenvalue weighted by atomic mass is 127. The Morgan fingerprint density at radius 2 is 2.25 bits per heavy atom. The second-order valence-corrected chi connectivity index (χ2v) is 6.51. The van der Waals surface area contributed by atoms with Gasteiger partial charge in [-0.1, -0.05) is 12.1 Å². The predicted molar refractivity (Wildman–Crippen MR) is 88.6 cm³/mol. The number of carbonyl (C=O) groups is 1. The highest BCUT2D eigenvalue weighted by Gasteiger charge is 2.17. The van der Waals surface area contributed by atoms with Gasteiger partial charge >= 0.3 is 5.97 Å². The molecule has 2 aromatic rings. The Hall–Kier alpha value is -1.21. The van der Waals surface area contributed by atoms with Crippen LogP contribution in [0.5, 0.6) is 0 Å². The summed E-state index contributed by atoms with van der Waals surface area (Å²) < 4.78 is 5.81. The molecule has 0 amide bonds. The van der Waals surface area contributed by atoms with Gasteiger partial charge in [-0.05, 0) is 58.7 Å². The van der Waals surface area contributed by atoms with Crippen molar-refractivity contribution in [2.75, 3.05) is 7.11 Å². The van der Waals surface area contributed by atoms with Gasteiger partial charge in [0, 0.05) is 16.5 Å². The minimum absolute atomic E-state index is 0.232. The fourth-order valence-electron chi connectivity index (χ4n) is 2.30. The predicted octanol–water partition coefficient (Wildman–Crippen LogP) is 3.92. The van der Waals surface area contributed by atoms with Crippen molar-refractivity contribution in [1.82, 2.24) is 4.98 Å². The molecule has 0 saturated carbocycles. The Kier molecular flexibility index (Phi) is 3.89. The van der Waals surface area contributed by atoms with Gasteiger partial charge in [0.05, 0.1) is 7.11 Å². The van der Waals surface area contributed by atoms with E-state index < -0.39 is 0 Å². The third-order valence-corrected chi connectivity index (χ3v) is 5.18. The van der Waals surface area contributed by atoms with Crippen molar-refractivity contribution in [2.45, 2.75) is 12.8 Å². The summed E-state index contributed by atoms with van der Waals surface area (Å²) in [5, 5.41) is 3.04. The number of hydrogen-bond acceptors (Lipinski definition) is 4. The molecule has 0 fully saturated rings. The van der Waals surface area contributed by atoms with Crippen LogP contribution in [0.15, 0.2) is 29.2 Å². The number of methoxy groups -OCH3 is 1. The number of carbonyl (C=O) groups excluding carboxylic acids is 1. The van der Waals surface area contributed by atoms with Crippen molar-refractivity contribution in [3.63, 3.8) is 0 Å². The Bertz CT molecular complexity index is 706. The zero-order chi connectivity index (χ0) is 14.1. The first-order chi connectivity index (χ1) is 9.67. The molecule has 1 aliphatic rings. The fourth-order valence-corrected chi connectivity index (χ4v) is 3.76. The highest BCUT2D eigenvalue weighted by Crippen LogP contribution is 2.31. The first kappa shape index (κ1) is 13.8. The van der Waals surface area contributed by atoms with Crippen LogP contribution < -0.4 is 0 Å². The van der Waals surface area contributed by atoms with Gasteiger partial charge in [-0.15, -0.1) is 11.3 Å². The van der Waals surface area contributed by atoms with Crippen LogP contribution in [0.3, 0.4) is 0 Å². The Balaban J connectivity index is 2.01. The number of halogens is 1. The minimum atomic E-state index is -0.232. The van der Waals surface area contributed by atoms with Crippen LogP contribution in [0.4, 0.5) is 0 Å². The van der Waals surface area contributed by atoms with Gasteiger partial charge in [0.15, 0.2) is 0 Å². The van der Waals surface area contributed by atoms with E-state index in [1.165, 1.54) is 12.7 Å². The Labute approximate surface area is 134 Å². The van der Waals surface area contributed by atoms with Gasteiger partial charge < -0.3 is 4.74 Å². The number of thiazole rings is 1. The fraction of sp³-hybridized carbons (Fsp3) is 0.200. The molecular weight excluding hydrogens is 385 g/mol. The largest absolute Gasteiger partial charge is 0.466 e. The lowest BCUT2D eigenvalue weighted by molar-refractivity contribution is -0.136. The van der Waals surface area contributed by atoms with Gasteiger partial charge in [-0.3, -0.25) is 0 Å². The molecule has 0 spiro atoms. The average molecular weight is 397 g/mol. The van der Waals surface area contributed by atoms with Crippen LogP contribution >= 0.6 is 33.9 Å². The highest BCUT2D eigenvalue weighted by molar-refractivity contribution is 14.1. The van der Waals surface area contributed by atoms with Crippen LogP contribution in [-0.2, 0) is 16.0 Å². The van der Waals surface area contributed by atoms with E-state index in [0.29, 0.717) is 0 Å². The van der Waals surface area contributed by atoms with E-state index in [9.17, 15) is 4.79 Å². The van der Waals surface area contributed by atoms with Gasteiger partial charge in [-0.2, -0.15) is 0 Å². The van der Waals surface area contributed by atoms with Gasteiger partial charge in [-0.25, -0.2) is 9.78 Å². The standard InChI is InChI=1S/C15H12INO2S/c1-19-15(18)11-5-3-9-2-4-10(6-12(9)7-11)14-17-13(16)8-20-14/h2,4,6-8H,3,5H2,1H3. The van der Waals surface area contributed by atoms with E-state index in [1.54, 1.807) is 11.3 Å². The summed E-state index contributed by atoms with van der Waals surface area (Å²) in [6, 6.07) is 6.33. The second kappa shape index (κ2) is 5.65. The lowest BCUT2D eigenvalue weighted by Gasteiger charge is -2.15. The summed E-state index contributed by atoms with van der Waals surface area (Å²) in [4.78, 5) is 16.1. The second-order valence-electron chi connectivity index (χ2n) is 4.55. The van der Waals surface area contributed by atoms with Crippen LogP contribution in [0.1, 0.15) is 17.5 Å². The minimum Gasteiger partial charge on any atom is -0.466 e. The van der Waals surface area contributed by atoms with Crippen LogP contribution in [0, 0.1) is 3.70 Å². The molecule has 0 atom stereocenters. The number of ether oxygens (including phenoxy) is 1. The topological polar surface area (TPSA) is 39.2 Å². The maximum absolute atomic E-state index is 11.6. The molecule has 3 rings (SSSR count). The molecular formula is C15H12INO2S. The first-order valence-electron chi connectivity index (χ1n) is 6.20. The molecule has 0 aliphatic heterocycles. The summed E-state index contributed by atoms with van der Waals surface area (Å²) in [5.41, 5.74) is 4.21. The molecule has 0 saturated heterocycles. The molecule has 1 aromatic carbocycles. The summed E-state index contributed by atoms with van der Waals surface area (Å²) in [7, 11) is 1.42. The quantitative estimate of drug-likeness (QED) is 0.570. The first-order valence-corrected chi connectivity index (χ1v) is 8.16. The summed E-state index contributed by atoms with van der Waals surface area (Å²) in [5.74, 6) is -0.232. The monoisotopic (exact) mass is 397 g/mol. The average Bonchev–Trinajstić information content (AvgIpc) is 2.92. The lowest BCUT2D eigenvalue weighted by atomic mass is 9.91. The number of esters is 1. The molecule has 0 radical (unpaired) electrons. The van der Waals surface area contributed by atoms with Crippen LogP contribution in [0.2, 0.25) is 0 Å². The third kappa shape index (κ3) is 2.64. The van der Waals surface area contributed by atoms with Crippen molar-refractivity contribution in [1.29, 1.82) is 0 Å².